The molecule has 1 amide bonds. The molecule has 0 saturated carbocycles. The summed E-state index contributed by atoms with van der Waals surface area (Å²) in [6.07, 6.45) is 1.87. The minimum Gasteiger partial charge on any atom is -0.339 e. The highest BCUT2D eigenvalue weighted by atomic mass is 32.2. The molecular formula is C17H16N2OS2. The van der Waals surface area contributed by atoms with Gasteiger partial charge in [-0.2, -0.15) is 4.37 Å². The fraction of sp³-hybridized carbons (Fsp3) is 0.176. The fourth-order valence-corrected chi connectivity index (χ4v) is 3.89. The third-order valence-corrected chi connectivity index (χ3v) is 5.32. The summed E-state index contributed by atoms with van der Waals surface area (Å²) in [6.45, 7) is 2.07. The second kappa shape index (κ2) is 6.10. The van der Waals surface area contributed by atoms with Gasteiger partial charge in [-0.25, -0.2) is 0 Å². The largest absolute Gasteiger partial charge is 0.339 e. The first kappa shape index (κ1) is 15.1. The number of carbonyl (C=O) groups excluding carboxylic acids is 1. The molecule has 0 radical (unpaired) electrons. The summed E-state index contributed by atoms with van der Waals surface area (Å²) in [5, 5.41) is 1.14. The first-order chi connectivity index (χ1) is 10.6. The van der Waals surface area contributed by atoms with Crippen LogP contribution in [0.3, 0.4) is 0 Å². The van der Waals surface area contributed by atoms with Crippen LogP contribution in [-0.4, -0.2) is 28.6 Å². The highest BCUT2D eigenvalue weighted by Crippen LogP contribution is 2.39. The van der Waals surface area contributed by atoms with Gasteiger partial charge in [-0.3, -0.25) is 4.79 Å². The van der Waals surface area contributed by atoms with Crippen molar-refractivity contribution in [2.45, 2.75) is 11.8 Å². The molecule has 0 unspecified atom stereocenters. The maximum Gasteiger partial charge on any atom is 0.285 e. The lowest BCUT2D eigenvalue weighted by Gasteiger charge is -2.13. The Balaban J connectivity index is 2.17. The molecule has 2 aromatic carbocycles. The van der Waals surface area contributed by atoms with Gasteiger partial charge in [0, 0.05) is 36.1 Å². The number of hydrogen-bond acceptors (Lipinski definition) is 4. The number of hydrogen-bond donors (Lipinski definition) is 0. The van der Waals surface area contributed by atoms with Crippen LogP contribution in [0.25, 0.3) is 21.2 Å². The Labute approximate surface area is 138 Å². The fourth-order valence-electron chi connectivity index (χ4n) is 2.18. The molecule has 0 aliphatic heterocycles. The van der Waals surface area contributed by atoms with E-state index in [4.69, 9.17) is 0 Å². The van der Waals surface area contributed by atoms with Gasteiger partial charge in [-0.1, -0.05) is 35.9 Å². The Morgan fingerprint density at radius 2 is 1.86 bits per heavy atom. The standard InChI is InChI=1S/C17H16N2OS2/c1-11-4-6-12(7-5-11)15-14(21-17(20)19(2)3)9-8-13-10-18-22-16(13)15/h4-10H,1-3H3. The van der Waals surface area contributed by atoms with Gasteiger partial charge in [0.15, 0.2) is 0 Å². The Kier molecular flexibility index (Phi) is 4.18. The van der Waals surface area contributed by atoms with E-state index in [-0.39, 0.29) is 5.24 Å². The first-order valence-corrected chi connectivity index (χ1v) is 8.49. The molecule has 1 aromatic heterocycles. The smallest absolute Gasteiger partial charge is 0.285 e. The topological polar surface area (TPSA) is 33.2 Å². The van der Waals surface area contributed by atoms with Crippen LogP contribution in [0.1, 0.15) is 5.56 Å². The minimum atomic E-state index is 0.0252. The number of benzene rings is 2. The molecule has 0 saturated heterocycles. The van der Waals surface area contributed by atoms with Crippen LogP contribution in [0.15, 0.2) is 47.5 Å². The van der Waals surface area contributed by atoms with Gasteiger partial charge in [-0.15, -0.1) is 0 Å². The van der Waals surface area contributed by atoms with E-state index in [2.05, 4.69) is 35.6 Å². The molecule has 0 spiro atoms. The van der Waals surface area contributed by atoms with Gasteiger partial charge in [0.2, 0.25) is 0 Å². The number of rotatable bonds is 2. The van der Waals surface area contributed by atoms with E-state index >= 15 is 0 Å². The van der Waals surface area contributed by atoms with E-state index in [0.29, 0.717) is 0 Å². The summed E-state index contributed by atoms with van der Waals surface area (Å²) in [5.74, 6) is 0. The number of aromatic nitrogens is 1. The third-order valence-electron chi connectivity index (χ3n) is 3.39. The Morgan fingerprint density at radius 1 is 1.14 bits per heavy atom. The summed E-state index contributed by atoms with van der Waals surface area (Å²) in [6, 6.07) is 12.4. The van der Waals surface area contributed by atoms with E-state index in [1.54, 1.807) is 19.0 Å². The van der Waals surface area contributed by atoms with Gasteiger partial charge in [-0.05, 0) is 41.8 Å². The molecule has 1 heterocycles. The number of aryl methyl sites for hydroxylation is 1. The van der Waals surface area contributed by atoms with Crippen molar-refractivity contribution >= 4 is 38.6 Å². The monoisotopic (exact) mass is 328 g/mol. The first-order valence-electron chi connectivity index (χ1n) is 6.90. The van der Waals surface area contributed by atoms with Crippen molar-refractivity contribution in [2.75, 3.05) is 14.1 Å². The lowest BCUT2D eigenvalue weighted by molar-refractivity contribution is 0.241. The molecule has 3 rings (SSSR count). The summed E-state index contributed by atoms with van der Waals surface area (Å²) in [4.78, 5) is 14.7. The number of nitrogens with zero attached hydrogens (tertiary/aromatic N) is 2. The molecule has 0 atom stereocenters. The second-order valence-corrected chi connectivity index (χ2v) is 7.11. The average Bonchev–Trinajstić information content (AvgIpc) is 2.96. The van der Waals surface area contributed by atoms with Gasteiger partial charge in [0.05, 0.1) is 4.70 Å². The van der Waals surface area contributed by atoms with Crippen molar-refractivity contribution in [3.05, 3.63) is 48.2 Å². The molecule has 0 aliphatic carbocycles. The Hall–Kier alpha value is -1.85. The maximum atomic E-state index is 12.1. The zero-order valence-electron chi connectivity index (χ0n) is 12.7. The average molecular weight is 328 g/mol. The second-order valence-electron chi connectivity index (χ2n) is 5.31. The molecular weight excluding hydrogens is 312 g/mol. The molecule has 3 nitrogen and oxygen atoms in total. The van der Waals surface area contributed by atoms with Crippen LogP contribution < -0.4 is 0 Å². The molecule has 0 fully saturated rings. The number of fused-ring (bicyclic) bond motifs is 1. The molecule has 3 aromatic rings. The van der Waals surface area contributed by atoms with E-state index in [9.17, 15) is 4.79 Å². The highest BCUT2D eigenvalue weighted by molar-refractivity contribution is 8.13. The normalized spacial score (nSPS) is 10.9. The predicted molar refractivity (Wildman–Crippen MR) is 94.7 cm³/mol. The van der Waals surface area contributed by atoms with Gasteiger partial charge >= 0.3 is 0 Å². The summed E-state index contributed by atoms with van der Waals surface area (Å²) >= 11 is 2.74. The van der Waals surface area contributed by atoms with E-state index < -0.39 is 0 Å². The van der Waals surface area contributed by atoms with Gasteiger partial charge in [0.25, 0.3) is 5.24 Å². The van der Waals surface area contributed by atoms with Crippen LogP contribution >= 0.6 is 23.3 Å². The minimum absolute atomic E-state index is 0.0252. The lowest BCUT2D eigenvalue weighted by Crippen LogP contribution is -2.16. The molecule has 22 heavy (non-hydrogen) atoms. The Morgan fingerprint density at radius 3 is 2.55 bits per heavy atom. The predicted octanol–water partition coefficient (Wildman–Crippen LogP) is 5.05. The van der Waals surface area contributed by atoms with Crippen molar-refractivity contribution in [2.24, 2.45) is 0 Å². The van der Waals surface area contributed by atoms with Crippen molar-refractivity contribution in [1.29, 1.82) is 0 Å². The third kappa shape index (κ3) is 2.87. The van der Waals surface area contributed by atoms with Crippen molar-refractivity contribution in [1.82, 2.24) is 9.27 Å². The van der Waals surface area contributed by atoms with Crippen LogP contribution in [0.4, 0.5) is 4.79 Å². The molecule has 0 N–H and O–H groups in total. The maximum absolute atomic E-state index is 12.1. The number of carbonyl (C=O) groups is 1. The van der Waals surface area contributed by atoms with Crippen LogP contribution in [0.5, 0.6) is 0 Å². The SMILES string of the molecule is Cc1ccc(-c2c(SC(=O)N(C)C)ccc3cnsc23)cc1. The zero-order chi connectivity index (χ0) is 15.7. The summed E-state index contributed by atoms with van der Waals surface area (Å²) in [5.41, 5.74) is 3.44. The molecule has 5 heteroatoms. The van der Waals surface area contributed by atoms with E-state index in [0.717, 1.165) is 26.1 Å². The number of amides is 1. The lowest BCUT2D eigenvalue weighted by atomic mass is 10.0. The van der Waals surface area contributed by atoms with Crippen molar-refractivity contribution < 1.29 is 4.79 Å². The van der Waals surface area contributed by atoms with Crippen LogP contribution in [0, 0.1) is 6.92 Å². The zero-order valence-corrected chi connectivity index (χ0v) is 14.3. The van der Waals surface area contributed by atoms with E-state index in [1.165, 1.54) is 28.9 Å². The van der Waals surface area contributed by atoms with E-state index in [1.807, 2.05) is 18.3 Å². The van der Waals surface area contributed by atoms with Crippen molar-refractivity contribution in [3.8, 4) is 11.1 Å². The highest BCUT2D eigenvalue weighted by Gasteiger charge is 2.16. The molecule has 0 bridgehead atoms. The summed E-state index contributed by atoms with van der Waals surface area (Å²) in [7, 11) is 3.54. The van der Waals surface area contributed by atoms with Gasteiger partial charge < -0.3 is 4.90 Å². The van der Waals surface area contributed by atoms with Gasteiger partial charge in [0.1, 0.15) is 0 Å². The van der Waals surface area contributed by atoms with Crippen LogP contribution in [0.2, 0.25) is 0 Å². The Bertz CT molecular complexity index is 822. The summed E-state index contributed by atoms with van der Waals surface area (Å²) < 4.78 is 5.42. The number of thioether (sulfide) groups is 1. The quantitative estimate of drug-likeness (QED) is 0.618. The molecule has 112 valence electrons. The van der Waals surface area contributed by atoms with Crippen LogP contribution in [-0.2, 0) is 0 Å². The van der Waals surface area contributed by atoms with Crippen molar-refractivity contribution in [3.63, 3.8) is 0 Å². The molecule has 0 aliphatic rings.